The molecule has 98 valence electrons. The highest BCUT2D eigenvalue weighted by molar-refractivity contribution is 5.88. The topological polar surface area (TPSA) is 40.5 Å². The van der Waals surface area contributed by atoms with E-state index in [9.17, 15) is 13.6 Å². The van der Waals surface area contributed by atoms with Crippen molar-refractivity contribution in [3.8, 4) is 0 Å². The molecule has 0 radical (unpaired) electrons. The number of hydrogen-bond acceptors (Lipinski definition) is 2. The summed E-state index contributed by atoms with van der Waals surface area (Å²) in [4.78, 5) is 12.4. The van der Waals surface area contributed by atoms with Crippen molar-refractivity contribution in [2.75, 3.05) is 11.4 Å². The summed E-state index contributed by atoms with van der Waals surface area (Å²) in [7, 11) is 0. The van der Waals surface area contributed by atoms with Gasteiger partial charge in [0.25, 0.3) is 0 Å². The maximum Gasteiger partial charge on any atom is 0.335 e. The van der Waals surface area contributed by atoms with Crippen molar-refractivity contribution >= 4 is 11.7 Å². The molecule has 3 nitrogen and oxygen atoms in total. The minimum atomic E-state index is -1.33. The van der Waals surface area contributed by atoms with Gasteiger partial charge in [0.2, 0.25) is 0 Å². The molecule has 0 aliphatic carbocycles. The van der Waals surface area contributed by atoms with E-state index in [2.05, 4.69) is 0 Å². The Bertz CT molecular complexity index is 467. The third kappa shape index (κ3) is 2.17. The first kappa shape index (κ1) is 12.8. The molecule has 2 rings (SSSR count). The smallest absolute Gasteiger partial charge is 0.335 e. The number of nitrogens with zero attached hydrogens (tertiary/aromatic N) is 1. The molecule has 1 N–H and O–H groups in total. The van der Waals surface area contributed by atoms with E-state index in [4.69, 9.17) is 5.11 Å². The van der Waals surface area contributed by atoms with Crippen LogP contribution in [0, 0.1) is 17.6 Å². The lowest BCUT2D eigenvalue weighted by atomic mass is 10.1. The second-order valence-corrected chi connectivity index (χ2v) is 4.94. The molecule has 0 saturated carbocycles. The highest BCUT2D eigenvalue weighted by Gasteiger charge is 2.30. The van der Waals surface area contributed by atoms with Gasteiger partial charge in [-0.2, -0.15) is 0 Å². The maximum atomic E-state index is 13.9. The molecule has 2 atom stereocenters. The molecule has 1 aliphatic heterocycles. The first-order chi connectivity index (χ1) is 8.40. The van der Waals surface area contributed by atoms with Crippen LogP contribution in [0.15, 0.2) is 12.1 Å². The van der Waals surface area contributed by atoms with Crippen molar-refractivity contribution in [1.82, 2.24) is 0 Å². The quantitative estimate of drug-likeness (QED) is 0.883. The number of benzene rings is 1. The van der Waals surface area contributed by atoms with Crippen LogP contribution in [0.3, 0.4) is 0 Å². The highest BCUT2D eigenvalue weighted by atomic mass is 19.1. The minimum absolute atomic E-state index is 0.0553. The largest absolute Gasteiger partial charge is 0.478 e. The first-order valence-corrected chi connectivity index (χ1v) is 5.89. The molecule has 2 unspecified atom stereocenters. The van der Waals surface area contributed by atoms with Crippen molar-refractivity contribution in [2.45, 2.75) is 26.3 Å². The average molecular weight is 255 g/mol. The Morgan fingerprint density at radius 3 is 2.28 bits per heavy atom. The van der Waals surface area contributed by atoms with Crippen LogP contribution in [-0.2, 0) is 0 Å². The monoisotopic (exact) mass is 255 g/mol. The van der Waals surface area contributed by atoms with Gasteiger partial charge in [-0.05, 0) is 31.4 Å². The lowest BCUT2D eigenvalue weighted by Gasteiger charge is -2.25. The SMILES string of the molecule is CC1CC(C)N(c2c(F)cc(C(=O)O)cc2F)C1. The standard InChI is InChI=1S/C13H15F2NO2/c1-7-3-8(2)16(6-7)12-10(14)4-9(13(17)18)5-11(12)15/h4-5,7-8H,3,6H2,1-2H3,(H,17,18). The molecule has 1 heterocycles. The molecule has 18 heavy (non-hydrogen) atoms. The molecule has 0 amide bonds. The van der Waals surface area contributed by atoms with Crippen LogP contribution < -0.4 is 4.90 Å². The summed E-state index contributed by atoms with van der Waals surface area (Å²) >= 11 is 0. The summed E-state index contributed by atoms with van der Waals surface area (Å²) in [6.45, 7) is 4.52. The second kappa shape index (κ2) is 4.55. The van der Waals surface area contributed by atoms with Gasteiger partial charge in [-0.25, -0.2) is 13.6 Å². The normalized spacial score (nSPS) is 23.4. The summed E-state index contributed by atoms with van der Waals surface area (Å²) in [6, 6.07) is 1.80. The number of carboxylic acids is 1. The van der Waals surface area contributed by atoms with Gasteiger partial charge in [0.05, 0.1) is 5.56 Å². The predicted octanol–water partition coefficient (Wildman–Crippen LogP) is 2.90. The molecule has 5 heteroatoms. The Morgan fingerprint density at radius 1 is 1.33 bits per heavy atom. The van der Waals surface area contributed by atoms with Gasteiger partial charge in [0.15, 0.2) is 0 Å². The molecule has 0 bridgehead atoms. The molecular weight excluding hydrogens is 240 g/mol. The third-order valence-electron chi connectivity index (χ3n) is 3.33. The lowest BCUT2D eigenvalue weighted by Crippen LogP contribution is -2.28. The first-order valence-electron chi connectivity index (χ1n) is 5.89. The Labute approximate surface area is 104 Å². The fourth-order valence-electron chi connectivity index (χ4n) is 2.57. The van der Waals surface area contributed by atoms with E-state index >= 15 is 0 Å². The van der Waals surface area contributed by atoms with Gasteiger partial charge < -0.3 is 10.0 Å². The summed E-state index contributed by atoms with van der Waals surface area (Å²) in [5.74, 6) is -2.58. The molecule has 0 aromatic heterocycles. The van der Waals surface area contributed by atoms with Crippen LogP contribution in [-0.4, -0.2) is 23.7 Å². The van der Waals surface area contributed by atoms with Crippen molar-refractivity contribution in [3.63, 3.8) is 0 Å². The van der Waals surface area contributed by atoms with Crippen LogP contribution in [0.1, 0.15) is 30.6 Å². The Balaban J connectivity index is 2.43. The van der Waals surface area contributed by atoms with Crippen molar-refractivity contribution < 1.29 is 18.7 Å². The molecular formula is C13H15F2NO2. The van der Waals surface area contributed by atoms with Gasteiger partial charge in [0, 0.05) is 12.6 Å². The van der Waals surface area contributed by atoms with Gasteiger partial charge in [-0.1, -0.05) is 6.92 Å². The summed E-state index contributed by atoms with van der Waals surface area (Å²) in [5, 5.41) is 8.74. The van der Waals surface area contributed by atoms with Gasteiger partial charge in [0.1, 0.15) is 17.3 Å². The zero-order chi connectivity index (χ0) is 13.4. The number of hydrogen-bond donors (Lipinski definition) is 1. The van der Waals surface area contributed by atoms with Gasteiger partial charge in [-0.15, -0.1) is 0 Å². The summed E-state index contributed by atoms with van der Waals surface area (Å²) in [6.07, 6.45) is 0.875. The number of halogens is 2. The zero-order valence-corrected chi connectivity index (χ0v) is 10.3. The number of carbonyl (C=O) groups is 1. The summed E-state index contributed by atoms with van der Waals surface area (Å²) < 4.78 is 27.8. The van der Waals surface area contributed by atoms with Crippen molar-refractivity contribution in [3.05, 3.63) is 29.3 Å². The molecule has 1 saturated heterocycles. The van der Waals surface area contributed by atoms with Gasteiger partial charge in [-0.3, -0.25) is 0 Å². The lowest BCUT2D eigenvalue weighted by molar-refractivity contribution is 0.0696. The molecule has 0 spiro atoms. The fourth-order valence-corrected chi connectivity index (χ4v) is 2.57. The van der Waals surface area contributed by atoms with Crippen molar-refractivity contribution in [2.24, 2.45) is 5.92 Å². The highest BCUT2D eigenvalue weighted by Crippen LogP contribution is 2.33. The minimum Gasteiger partial charge on any atom is -0.478 e. The Hall–Kier alpha value is -1.65. The van der Waals surface area contributed by atoms with Crippen LogP contribution in [0.2, 0.25) is 0 Å². The van der Waals surface area contributed by atoms with Crippen molar-refractivity contribution in [1.29, 1.82) is 0 Å². The zero-order valence-electron chi connectivity index (χ0n) is 10.3. The Morgan fingerprint density at radius 2 is 1.89 bits per heavy atom. The second-order valence-electron chi connectivity index (χ2n) is 4.94. The van der Waals surface area contributed by atoms with E-state index in [1.165, 1.54) is 0 Å². The van der Waals surface area contributed by atoms with E-state index in [1.807, 2.05) is 13.8 Å². The van der Waals surface area contributed by atoms with Crippen LogP contribution in [0.25, 0.3) is 0 Å². The van der Waals surface area contributed by atoms with Gasteiger partial charge >= 0.3 is 5.97 Å². The third-order valence-corrected chi connectivity index (χ3v) is 3.33. The van der Waals surface area contributed by atoms with Crippen LogP contribution in [0.4, 0.5) is 14.5 Å². The van der Waals surface area contributed by atoms with Crippen LogP contribution in [0.5, 0.6) is 0 Å². The molecule has 1 aliphatic rings. The molecule has 1 aromatic carbocycles. The molecule has 1 fully saturated rings. The maximum absolute atomic E-state index is 13.9. The van der Waals surface area contributed by atoms with E-state index in [0.29, 0.717) is 12.5 Å². The number of carboxylic acid groups (broad SMARTS) is 1. The molecule has 1 aromatic rings. The van der Waals surface area contributed by atoms with E-state index < -0.39 is 17.6 Å². The van der Waals surface area contributed by atoms with E-state index in [1.54, 1.807) is 4.90 Å². The predicted molar refractivity (Wildman–Crippen MR) is 63.9 cm³/mol. The van der Waals surface area contributed by atoms with Crippen LogP contribution >= 0.6 is 0 Å². The number of rotatable bonds is 2. The van der Waals surface area contributed by atoms with E-state index in [0.717, 1.165) is 18.6 Å². The number of anilines is 1. The Kier molecular flexibility index (Phi) is 3.24. The van der Waals surface area contributed by atoms with E-state index in [-0.39, 0.29) is 17.3 Å². The fraction of sp³-hybridized carbons (Fsp3) is 0.462. The average Bonchev–Trinajstić information content (AvgIpc) is 2.56. The summed E-state index contributed by atoms with van der Waals surface area (Å²) in [5.41, 5.74) is -0.481. The number of aromatic carboxylic acids is 1.